The summed E-state index contributed by atoms with van der Waals surface area (Å²) >= 11 is 0. The number of rotatable bonds is 6. The highest BCUT2D eigenvalue weighted by Gasteiger charge is 2.34. The number of amides is 1. The van der Waals surface area contributed by atoms with Gasteiger partial charge in [0.1, 0.15) is 17.8 Å². The van der Waals surface area contributed by atoms with Crippen LogP contribution in [0, 0.1) is 0 Å². The van der Waals surface area contributed by atoms with E-state index in [2.05, 4.69) is 15.4 Å². The maximum Gasteiger partial charge on any atom is 0.244 e. The highest BCUT2D eigenvalue weighted by Crippen LogP contribution is 2.36. The molecule has 1 atom stereocenters. The molecule has 0 saturated carbocycles. The maximum absolute atomic E-state index is 12.2. The van der Waals surface area contributed by atoms with E-state index in [0.717, 1.165) is 11.0 Å². The highest BCUT2D eigenvalue weighted by molar-refractivity contribution is 5.99. The van der Waals surface area contributed by atoms with E-state index in [1.807, 2.05) is 24.3 Å². The summed E-state index contributed by atoms with van der Waals surface area (Å²) in [5.41, 5.74) is 2.13. The Morgan fingerprint density at radius 1 is 1.07 bits per heavy atom. The van der Waals surface area contributed by atoms with Crippen LogP contribution >= 0.6 is 0 Å². The zero-order chi connectivity index (χ0) is 21.3. The first-order valence-electron chi connectivity index (χ1n) is 9.19. The minimum absolute atomic E-state index is 0.234. The second kappa shape index (κ2) is 7.90. The van der Waals surface area contributed by atoms with Gasteiger partial charge in [-0.25, -0.2) is 4.68 Å². The Kier molecular flexibility index (Phi) is 5.13. The normalized spacial score (nSPS) is 15.7. The fourth-order valence-corrected chi connectivity index (χ4v) is 3.27. The maximum atomic E-state index is 12.2. The Labute approximate surface area is 172 Å². The first-order valence-corrected chi connectivity index (χ1v) is 9.19. The minimum atomic E-state index is -0.694. The SMILES string of the molecule is COc1cc(OC)c(C2=NN(C(C)=O)[C@H](Cn3nnc4ccccc43)O2)cc1OC. The van der Waals surface area contributed by atoms with E-state index >= 15 is 0 Å². The second-order valence-corrected chi connectivity index (χ2v) is 6.51. The Hall–Kier alpha value is -3.82. The number of fused-ring (bicyclic) bond motifs is 1. The first-order chi connectivity index (χ1) is 14.5. The molecule has 10 nitrogen and oxygen atoms in total. The highest BCUT2D eigenvalue weighted by atomic mass is 16.5. The molecule has 0 fully saturated rings. The van der Waals surface area contributed by atoms with Crippen molar-refractivity contribution in [2.75, 3.05) is 21.3 Å². The van der Waals surface area contributed by atoms with Gasteiger partial charge in [-0.05, 0) is 12.1 Å². The summed E-state index contributed by atoms with van der Waals surface area (Å²) in [4.78, 5) is 12.2. The van der Waals surface area contributed by atoms with Gasteiger partial charge in [-0.15, -0.1) is 10.2 Å². The number of methoxy groups -OCH3 is 3. The summed E-state index contributed by atoms with van der Waals surface area (Å²) < 4.78 is 23.9. The van der Waals surface area contributed by atoms with E-state index in [9.17, 15) is 4.79 Å². The number of ether oxygens (including phenoxy) is 4. The Bertz CT molecular complexity index is 1130. The predicted octanol–water partition coefficient (Wildman–Crippen LogP) is 2.02. The zero-order valence-corrected chi connectivity index (χ0v) is 17.0. The van der Waals surface area contributed by atoms with Crippen molar-refractivity contribution in [3.8, 4) is 17.2 Å². The number of benzene rings is 2. The van der Waals surface area contributed by atoms with Crippen molar-refractivity contribution in [3.05, 3.63) is 42.0 Å². The number of hydrogen-bond donors (Lipinski definition) is 0. The van der Waals surface area contributed by atoms with Crippen LogP contribution in [0.4, 0.5) is 0 Å². The monoisotopic (exact) mass is 411 g/mol. The van der Waals surface area contributed by atoms with Crippen molar-refractivity contribution in [1.29, 1.82) is 0 Å². The summed E-state index contributed by atoms with van der Waals surface area (Å²) in [6.45, 7) is 1.68. The third-order valence-corrected chi connectivity index (χ3v) is 4.73. The number of hydrazone groups is 1. The van der Waals surface area contributed by atoms with Gasteiger partial charge in [0.05, 0.1) is 32.4 Å². The molecule has 1 aromatic heterocycles. The van der Waals surface area contributed by atoms with Gasteiger partial charge in [0.15, 0.2) is 11.5 Å². The van der Waals surface area contributed by atoms with Crippen molar-refractivity contribution in [2.45, 2.75) is 19.7 Å². The van der Waals surface area contributed by atoms with Gasteiger partial charge in [0.2, 0.25) is 18.0 Å². The molecule has 4 rings (SSSR count). The van der Waals surface area contributed by atoms with Crippen LogP contribution in [-0.2, 0) is 16.1 Å². The van der Waals surface area contributed by atoms with Gasteiger partial charge in [0.25, 0.3) is 0 Å². The number of para-hydroxylation sites is 1. The van der Waals surface area contributed by atoms with Gasteiger partial charge in [-0.3, -0.25) is 4.79 Å². The molecule has 1 aliphatic rings. The standard InChI is InChI=1S/C20H21N5O5/c1-12(26)25-19(11-24-15-8-6-5-7-14(15)21-23-24)30-20(22-25)13-9-17(28-3)18(29-4)10-16(13)27-2/h5-10,19H,11H2,1-4H3/t19-/m0/s1. The fraction of sp³-hybridized carbons (Fsp3) is 0.300. The quantitative estimate of drug-likeness (QED) is 0.612. The third-order valence-electron chi connectivity index (χ3n) is 4.73. The van der Waals surface area contributed by atoms with Crippen LogP contribution in [0.5, 0.6) is 17.2 Å². The molecule has 30 heavy (non-hydrogen) atoms. The van der Waals surface area contributed by atoms with E-state index < -0.39 is 6.23 Å². The van der Waals surface area contributed by atoms with Crippen molar-refractivity contribution in [2.24, 2.45) is 5.10 Å². The van der Waals surface area contributed by atoms with Crippen molar-refractivity contribution in [3.63, 3.8) is 0 Å². The van der Waals surface area contributed by atoms with Gasteiger partial charge >= 0.3 is 0 Å². The average Bonchev–Trinajstić information content (AvgIpc) is 3.37. The van der Waals surface area contributed by atoms with E-state index in [-0.39, 0.29) is 18.3 Å². The Morgan fingerprint density at radius 3 is 2.47 bits per heavy atom. The second-order valence-electron chi connectivity index (χ2n) is 6.51. The van der Waals surface area contributed by atoms with Gasteiger partial charge in [-0.2, -0.15) is 5.01 Å². The van der Waals surface area contributed by atoms with E-state index in [1.54, 1.807) is 16.8 Å². The first kappa shape index (κ1) is 19.5. The molecule has 0 aliphatic carbocycles. The van der Waals surface area contributed by atoms with Crippen LogP contribution in [0.15, 0.2) is 41.5 Å². The van der Waals surface area contributed by atoms with Gasteiger partial charge in [-0.1, -0.05) is 17.3 Å². The molecule has 0 spiro atoms. The Morgan fingerprint density at radius 2 is 1.77 bits per heavy atom. The van der Waals surface area contributed by atoms with Crippen molar-refractivity contribution < 1.29 is 23.7 Å². The van der Waals surface area contributed by atoms with Gasteiger partial charge < -0.3 is 18.9 Å². The topological polar surface area (TPSA) is 100 Å². The van der Waals surface area contributed by atoms with Crippen LogP contribution in [0.1, 0.15) is 12.5 Å². The number of hydrogen-bond acceptors (Lipinski definition) is 8. The lowest BCUT2D eigenvalue weighted by Gasteiger charge is -2.19. The van der Waals surface area contributed by atoms with Crippen LogP contribution < -0.4 is 14.2 Å². The lowest BCUT2D eigenvalue weighted by molar-refractivity contribution is -0.135. The predicted molar refractivity (Wildman–Crippen MR) is 108 cm³/mol. The summed E-state index contributed by atoms with van der Waals surface area (Å²) in [5, 5.41) is 14.0. The molecule has 1 amide bonds. The number of nitrogens with zero attached hydrogens (tertiary/aromatic N) is 5. The lowest BCUT2D eigenvalue weighted by Crippen LogP contribution is -2.35. The summed E-state index contributed by atoms with van der Waals surface area (Å²) in [6.07, 6.45) is -0.694. The number of carbonyl (C=O) groups is 1. The lowest BCUT2D eigenvalue weighted by atomic mass is 10.1. The molecule has 3 aromatic rings. The van der Waals surface area contributed by atoms with Crippen LogP contribution in [0.2, 0.25) is 0 Å². The minimum Gasteiger partial charge on any atom is -0.496 e. The summed E-state index contributed by atoms with van der Waals surface area (Å²) in [5.74, 6) is 1.43. The molecule has 0 saturated heterocycles. The molecule has 156 valence electrons. The van der Waals surface area contributed by atoms with Crippen LogP contribution in [-0.4, -0.2) is 59.4 Å². The van der Waals surface area contributed by atoms with Gasteiger partial charge in [0, 0.05) is 19.1 Å². The van der Waals surface area contributed by atoms with Crippen molar-refractivity contribution in [1.82, 2.24) is 20.0 Å². The molecule has 2 heterocycles. The molecular weight excluding hydrogens is 390 g/mol. The van der Waals surface area contributed by atoms with Crippen molar-refractivity contribution >= 4 is 22.8 Å². The molecule has 0 unspecified atom stereocenters. The summed E-state index contributed by atoms with van der Waals surface area (Å²) in [6, 6.07) is 10.9. The molecule has 0 bridgehead atoms. The molecule has 2 aromatic carbocycles. The van der Waals surface area contributed by atoms with Crippen LogP contribution in [0.3, 0.4) is 0 Å². The average molecular weight is 411 g/mol. The molecule has 1 aliphatic heterocycles. The molecule has 0 radical (unpaired) electrons. The number of carbonyl (C=O) groups excluding carboxylic acids is 1. The zero-order valence-electron chi connectivity index (χ0n) is 17.0. The Balaban J connectivity index is 1.68. The third kappa shape index (κ3) is 3.36. The largest absolute Gasteiger partial charge is 0.496 e. The fourth-order valence-electron chi connectivity index (χ4n) is 3.27. The van der Waals surface area contributed by atoms with E-state index in [0.29, 0.717) is 22.8 Å². The smallest absolute Gasteiger partial charge is 0.244 e. The molecular formula is C20H21N5O5. The van der Waals surface area contributed by atoms with Crippen LogP contribution in [0.25, 0.3) is 11.0 Å². The summed E-state index contributed by atoms with van der Waals surface area (Å²) in [7, 11) is 4.60. The molecule has 0 N–H and O–H groups in total. The number of aromatic nitrogens is 3. The van der Waals surface area contributed by atoms with E-state index in [1.165, 1.54) is 33.3 Å². The van der Waals surface area contributed by atoms with E-state index in [4.69, 9.17) is 18.9 Å². The molecule has 10 heteroatoms.